The zero-order valence-electron chi connectivity index (χ0n) is 12.0. The van der Waals surface area contributed by atoms with E-state index >= 15 is 0 Å². The highest BCUT2D eigenvalue weighted by molar-refractivity contribution is 6.35. The minimum Gasteiger partial charge on any atom is -0.403 e. The van der Waals surface area contributed by atoms with Gasteiger partial charge in [0, 0.05) is 21.2 Å². The van der Waals surface area contributed by atoms with Gasteiger partial charge < -0.3 is 4.42 Å². The molecule has 116 valence electrons. The molecule has 0 aliphatic rings. The van der Waals surface area contributed by atoms with E-state index in [9.17, 15) is 4.79 Å². The smallest absolute Gasteiger partial charge is 0.322 e. The maximum Gasteiger partial charge on any atom is 0.322 e. The first kappa shape index (κ1) is 15.5. The lowest BCUT2D eigenvalue weighted by atomic mass is 10.1. The first-order valence-electron chi connectivity index (χ1n) is 6.69. The van der Waals surface area contributed by atoms with Gasteiger partial charge in [0.2, 0.25) is 5.89 Å². The normalized spacial score (nSPS) is 10.6. The second kappa shape index (κ2) is 6.40. The molecule has 0 saturated heterocycles. The van der Waals surface area contributed by atoms with Crippen molar-refractivity contribution in [2.24, 2.45) is 0 Å². The molecule has 0 aliphatic carbocycles. The third-order valence-corrected chi connectivity index (χ3v) is 3.51. The highest BCUT2D eigenvalue weighted by Crippen LogP contribution is 2.27. The van der Waals surface area contributed by atoms with Gasteiger partial charge in [-0.15, -0.1) is 5.10 Å². The Labute approximate surface area is 142 Å². The van der Waals surface area contributed by atoms with Crippen LogP contribution in [0.15, 0.2) is 46.9 Å². The highest BCUT2D eigenvalue weighted by Gasteiger charge is 2.13. The second-order valence-electron chi connectivity index (χ2n) is 4.89. The predicted molar refractivity (Wildman–Crippen MR) is 88.9 cm³/mol. The molecule has 3 rings (SSSR count). The number of anilines is 1. The number of nitrogens with zero attached hydrogens (tertiary/aromatic N) is 2. The number of carbonyl (C=O) groups is 1. The molecule has 0 fully saturated rings. The molecule has 7 heteroatoms. The van der Waals surface area contributed by atoms with E-state index in [2.05, 4.69) is 15.5 Å². The van der Waals surface area contributed by atoms with Crippen LogP contribution in [0.5, 0.6) is 0 Å². The van der Waals surface area contributed by atoms with Gasteiger partial charge in [-0.1, -0.05) is 46.0 Å². The van der Waals surface area contributed by atoms with Crippen molar-refractivity contribution in [1.82, 2.24) is 10.2 Å². The largest absolute Gasteiger partial charge is 0.403 e. The lowest BCUT2D eigenvalue weighted by Crippen LogP contribution is -2.11. The number of aryl methyl sites for hydroxylation is 1. The third kappa shape index (κ3) is 3.70. The Morgan fingerprint density at radius 3 is 2.35 bits per heavy atom. The number of amides is 1. The van der Waals surface area contributed by atoms with Crippen molar-refractivity contribution in [2.75, 3.05) is 5.32 Å². The van der Waals surface area contributed by atoms with E-state index in [1.165, 1.54) is 0 Å². The molecule has 0 atom stereocenters. The van der Waals surface area contributed by atoms with Gasteiger partial charge in [-0.2, -0.15) is 0 Å². The summed E-state index contributed by atoms with van der Waals surface area (Å²) in [4.78, 5) is 12.1. The summed E-state index contributed by atoms with van der Waals surface area (Å²) in [7, 11) is 0. The van der Waals surface area contributed by atoms with Crippen molar-refractivity contribution < 1.29 is 9.21 Å². The summed E-state index contributed by atoms with van der Waals surface area (Å²) in [6, 6.07) is 12.0. The summed E-state index contributed by atoms with van der Waals surface area (Å²) in [5.74, 6) is -0.113. The molecular weight excluding hydrogens is 337 g/mol. The van der Waals surface area contributed by atoms with Crippen molar-refractivity contribution in [3.63, 3.8) is 0 Å². The minimum absolute atomic E-state index is 0.00155. The maximum absolute atomic E-state index is 12.1. The SMILES string of the molecule is Cc1ccc(C(=O)Nc2nnc(-c3cc(Cl)cc(Cl)c3)o2)cc1. The van der Waals surface area contributed by atoms with Crippen LogP contribution in [-0.4, -0.2) is 16.1 Å². The number of carbonyl (C=O) groups excluding carboxylic acids is 1. The van der Waals surface area contributed by atoms with Gasteiger partial charge in [0.1, 0.15) is 0 Å². The van der Waals surface area contributed by atoms with Crippen LogP contribution in [0.3, 0.4) is 0 Å². The van der Waals surface area contributed by atoms with Gasteiger partial charge in [-0.25, -0.2) is 0 Å². The Balaban J connectivity index is 1.79. The monoisotopic (exact) mass is 347 g/mol. The molecule has 0 aliphatic heterocycles. The number of hydrogen-bond donors (Lipinski definition) is 1. The summed E-state index contributed by atoms with van der Waals surface area (Å²) in [5, 5.41) is 11.1. The first-order valence-corrected chi connectivity index (χ1v) is 7.45. The van der Waals surface area contributed by atoms with Crippen LogP contribution in [0.1, 0.15) is 15.9 Å². The van der Waals surface area contributed by atoms with E-state index < -0.39 is 0 Å². The van der Waals surface area contributed by atoms with Crippen LogP contribution in [0.4, 0.5) is 6.01 Å². The zero-order valence-corrected chi connectivity index (χ0v) is 13.5. The van der Waals surface area contributed by atoms with E-state index in [-0.39, 0.29) is 17.8 Å². The van der Waals surface area contributed by atoms with Crippen molar-refractivity contribution in [2.45, 2.75) is 6.92 Å². The molecule has 0 spiro atoms. The number of halogens is 2. The average molecular weight is 348 g/mol. The van der Waals surface area contributed by atoms with Gasteiger partial charge in [-0.05, 0) is 37.3 Å². The number of benzene rings is 2. The van der Waals surface area contributed by atoms with E-state index in [0.29, 0.717) is 21.2 Å². The molecule has 23 heavy (non-hydrogen) atoms. The molecule has 1 aromatic heterocycles. The average Bonchev–Trinajstić information content (AvgIpc) is 2.95. The van der Waals surface area contributed by atoms with Crippen LogP contribution < -0.4 is 5.32 Å². The Kier molecular flexibility index (Phi) is 4.32. The fourth-order valence-electron chi connectivity index (χ4n) is 1.94. The molecule has 0 bridgehead atoms. The number of rotatable bonds is 3. The molecule has 1 heterocycles. The summed E-state index contributed by atoms with van der Waals surface area (Å²) >= 11 is 11.9. The molecule has 1 N–H and O–H groups in total. The summed E-state index contributed by atoms with van der Waals surface area (Å²) in [5.41, 5.74) is 2.14. The fraction of sp³-hybridized carbons (Fsp3) is 0.0625. The maximum atomic E-state index is 12.1. The number of hydrogen-bond acceptors (Lipinski definition) is 4. The summed E-state index contributed by atoms with van der Waals surface area (Å²) in [6.45, 7) is 1.95. The van der Waals surface area contributed by atoms with Crippen molar-refractivity contribution in [3.05, 3.63) is 63.6 Å². The molecular formula is C16H11Cl2N3O2. The fourth-order valence-corrected chi connectivity index (χ4v) is 2.47. The van der Waals surface area contributed by atoms with Crippen LogP contribution in [0.25, 0.3) is 11.5 Å². The minimum atomic E-state index is -0.329. The lowest BCUT2D eigenvalue weighted by Gasteiger charge is -2.01. The van der Waals surface area contributed by atoms with Crippen molar-refractivity contribution in [3.8, 4) is 11.5 Å². The highest BCUT2D eigenvalue weighted by atomic mass is 35.5. The van der Waals surface area contributed by atoms with E-state index in [1.807, 2.05) is 19.1 Å². The topological polar surface area (TPSA) is 68.0 Å². The molecule has 0 radical (unpaired) electrons. The van der Waals surface area contributed by atoms with E-state index in [4.69, 9.17) is 27.6 Å². The van der Waals surface area contributed by atoms with Gasteiger partial charge in [0.25, 0.3) is 5.91 Å². The predicted octanol–water partition coefficient (Wildman–Crippen LogP) is 4.60. The van der Waals surface area contributed by atoms with Gasteiger partial charge >= 0.3 is 6.01 Å². The second-order valence-corrected chi connectivity index (χ2v) is 5.76. The van der Waals surface area contributed by atoms with Gasteiger partial charge in [0.15, 0.2) is 0 Å². The quantitative estimate of drug-likeness (QED) is 0.751. The van der Waals surface area contributed by atoms with Gasteiger partial charge in [0.05, 0.1) is 0 Å². The molecule has 0 unspecified atom stereocenters. The third-order valence-electron chi connectivity index (χ3n) is 3.07. The molecule has 2 aromatic carbocycles. The first-order chi connectivity index (χ1) is 11.0. The number of nitrogens with one attached hydrogen (secondary N) is 1. The van der Waals surface area contributed by atoms with Crippen LogP contribution in [0, 0.1) is 6.92 Å². The summed E-state index contributed by atoms with van der Waals surface area (Å²) in [6.07, 6.45) is 0. The Morgan fingerprint density at radius 1 is 1.04 bits per heavy atom. The van der Waals surface area contributed by atoms with Crippen molar-refractivity contribution >= 4 is 35.1 Å². The Morgan fingerprint density at radius 2 is 1.70 bits per heavy atom. The molecule has 3 aromatic rings. The molecule has 5 nitrogen and oxygen atoms in total. The van der Waals surface area contributed by atoms with Crippen LogP contribution >= 0.6 is 23.2 Å². The summed E-state index contributed by atoms with van der Waals surface area (Å²) < 4.78 is 5.42. The Bertz CT molecular complexity index is 840. The van der Waals surface area contributed by atoms with E-state index in [0.717, 1.165) is 5.56 Å². The standard InChI is InChI=1S/C16H11Cl2N3O2/c1-9-2-4-10(5-3-9)14(22)19-16-21-20-15(23-16)11-6-12(17)8-13(18)7-11/h2-8H,1H3,(H,19,21,22). The zero-order chi connectivity index (χ0) is 16.4. The molecule has 0 saturated carbocycles. The van der Waals surface area contributed by atoms with Crippen molar-refractivity contribution in [1.29, 1.82) is 0 Å². The number of aromatic nitrogens is 2. The van der Waals surface area contributed by atoms with Crippen LogP contribution in [0.2, 0.25) is 10.0 Å². The van der Waals surface area contributed by atoms with E-state index in [1.54, 1.807) is 30.3 Å². The van der Waals surface area contributed by atoms with Crippen LogP contribution in [-0.2, 0) is 0 Å². The Hall–Kier alpha value is -2.37. The molecule has 1 amide bonds. The lowest BCUT2D eigenvalue weighted by molar-refractivity contribution is 0.102. The van der Waals surface area contributed by atoms with Gasteiger partial charge in [-0.3, -0.25) is 10.1 Å².